The van der Waals surface area contributed by atoms with Gasteiger partial charge in [0.15, 0.2) is 5.11 Å². The maximum Gasteiger partial charge on any atom is 0.258 e. The quantitative estimate of drug-likeness (QED) is 0.593. The Hall–Kier alpha value is -1.70. The van der Waals surface area contributed by atoms with Gasteiger partial charge in [-0.15, -0.1) is 0 Å². The molecule has 1 amide bonds. The number of carbonyl (C=O) groups is 1. The Bertz CT molecular complexity index is 874. The third-order valence-electron chi connectivity index (χ3n) is 4.30. The lowest BCUT2D eigenvalue weighted by atomic mass is 10.1. The summed E-state index contributed by atoms with van der Waals surface area (Å²) in [7, 11) is 0. The van der Waals surface area contributed by atoms with E-state index in [2.05, 4.69) is 31.5 Å². The highest BCUT2D eigenvalue weighted by Crippen LogP contribution is 2.26. The Morgan fingerprint density at radius 3 is 2.59 bits per heavy atom. The van der Waals surface area contributed by atoms with Crippen molar-refractivity contribution in [2.75, 3.05) is 23.3 Å². The molecule has 0 aliphatic carbocycles. The highest BCUT2D eigenvalue weighted by Gasteiger charge is 2.16. The number of anilines is 2. The highest BCUT2D eigenvalue weighted by molar-refractivity contribution is 9.10. The summed E-state index contributed by atoms with van der Waals surface area (Å²) in [5, 5.41) is 5.77. The van der Waals surface area contributed by atoms with Crippen molar-refractivity contribution in [1.29, 1.82) is 0 Å². The first-order valence-corrected chi connectivity index (χ1v) is 10.1. The number of piperidine rings is 1. The second kappa shape index (κ2) is 8.99. The number of carbonyl (C=O) groups excluding carboxylic acids is 1. The van der Waals surface area contributed by atoms with Crippen molar-refractivity contribution in [3.63, 3.8) is 0 Å². The Kier molecular flexibility index (Phi) is 6.68. The molecule has 1 aliphatic rings. The second-order valence-electron chi connectivity index (χ2n) is 6.25. The first kappa shape index (κ1) is 20.0. The molecule has 2 aromatic rings. The number of amides is 1. The highest BCUT2D eigenvalue weighted by atomic mass is 79.9. The second-order valence-corrected chi connectivity index (χ2v) is 7.98. The molecule has 2 aromatic carbocycles. The van der Waals surface area contributed by atoms with Gasteiger partial charge in [0.25, 0.3) is 5.91 Å². The van der Waals surface area contributed by atoms with Crippen molar-refractivity contribution in [3.05, 3.63) is 57.3 Å². The summed E-state index contributed by atoms with van der Waals surface area (Å²) < 4.78 is 15.2. The average molecular weight is 471 g/mol. The fraction of sp³-hybridized carbons (Fsp3) is 0.263. The molecule has 2 N–H and O–H groups in total. The molecule has 0 radical (unpaired) electrons. The van der Waals surface area contributed by atoms with Crippen molar-refractivity contribution >= 4 is 62.1 Å². The largest absolute Gasteiger partial charge is 0.369 e. The standard InChI is InChI=1S/C19H18BrClFN3OS/c20-12-4-6-15(21)14(10-12)18(26)24-19(27)23-13-5-7-17(16(22)11-13)25-8-2-1-3-9-25/h4-7,10-11H,1-3,8-9H2,(H2,23,24,26,27). The van der Waals surface area contributed by atoms with Crippen LogP contribution in [0.3, 0.4) is 0 Å². The van der Waals surface area contributed by atoms with E-state index in [1.54, 1.807) is 30.3 Å². The first-order chi connectivity index (χ1) is 12.9. The predicted molar refractivity (Wildman–Crippen MR) is 115 cm³/mol. The van der Waals surface area contributed by atoms with Crippen molar-refractivity contribution in [3.8, 4) is 0 Å². The third-order valence-corrected chi connectivity index (χ3v) is 5.33. The van der Waals surface area contributed by atoms with Crippen molar-refractivity contribution < 1.29 is 9.18 Å². The van der Waals surface area contributed by atoms with Gasteiger partial charge in [-0.1, -0.05) is 27.5 Å². The molecule has 3 rings (SSSR count). The van der Waals surface area contributed by atoms with E-state index in [4.69, 9.17) is 23.8 Å². The van der Waals surface area contributed by atoms with Crippen LogP contribution in [-0.4, -0.2) is 24.1 Å². The summed E-state index contributed by atoms with van der Waals surface area (Å²) in [6.07, 6.45) is 3.34. The fourth-order valence-corrected chi connectivity index (χ4v) is 3.76. The Balaban J connectivity index is 1.64. The summed E-state index contributed by atoms with van der Waals surface area (Å²) in [6, 6.07) is 9.83. The van der Waals surface area contributed by atoms with Crippen LogP contribution in [0.4, 0.5) is 15.8 Å². The van der Waals surface area contributed by atoms with Crippen molar-refractivity contribution in [2.45, 2.75) is 19.3 Å². The van der Waals surface area contributed by atoms with Crippen LogP contribution >= 0.6 is 39.7 Å². The van der Waals surface area contributed by atoms with Crippen molar-refractivity contribution in [2.24, 2.45) is 0 Å². The summed E-state index contributed by atoms with van der Waals surface area (Å²) in [6.45, 7) is 1.73. The van der Waals surface area contributed by atoms with Gasteiger partial charge in [-0.2, -0.15) is 0 Å². The van der Waals surface area contributed by atoms with E-state index in [9.17, 15) is 9.18 Å². The molecular formula is C19H18BrClFN3OS. The molecule has 27 heavy (non-hydrogen) atoms. The van der Waals surface area contributed by atoms with Crippen LogP contribution in [0.2, 0.25) is 5.02 Å². The summed E-state index contributed by atoms with van der Waals surface area (Å²) in [4.78, 5) is 14.4. The van der Waals surface area contributed by atoms with Gasteiger partial charge < -0.3 is 10.2 Å². The van der Waals surface area contributed by atoms with Gasteiger partial charge in [-0.25, -0.2) is 4.39 Å². The predicted octanol–water partition coefficient (Wildman–Crippen LogP) is 5.36. The first-order valence-electron chi connectivity index (χ1n) is 8.56. The topological polar surface area (TPSA) is 44.4 Å². The molecule has 1 heterocycles. The minimum atomic E-state index is -0.441. The number of thiocarbonyl (C=S) groups is 1. The summed E-state index contributed by atoms with van der Waals surface area (Å²) >= 11 is 14.5. The molecule has 0 atom stereocenters. The minimum absolute atomic E-state index is 0.0705. The lowest BCUT2D eigenvalue weighted by Gasteiger charge is -2.29. The van der Waals surface area contributed by atoms with Crippen LogP contribution in [0.5, 0.6) is 0 Å². The van der Waals surface area contributed by atoms with Gasteiger partial charge in [0.05, 0.1) is 16.3 Å². The third kappa shape index (κ3) is 5.18. The minimum Gasteiger partial charge on any atom is -0.369 e. The van der Waals surface area contributed by atoms with Gasteiger partial charge >= 0.3 is 0 Å². The lowest BCUT2D eigenvalue weighted by Crippen LogP contribution is -2.34. The zero-order chi connectivity index (χ0) is 19.4. The number of halogens is 3. The van der Waals surface area contributed by atoms with E-state index in [-0.39, 0.29) is 10.9 Å². The maximum atomic E-state index is 14.5. The summed E-state index contributed by atoms with van der Waals surface area (Å²) in [5.41, 5.74) is 1.36. The number of hydrogen-bond acceptors (Lipinski definition) is 3. The molecule has 0 saturated carbocycles. The number of nitrogens with zero attached hydrogens (tertiary/aromatic N) is 1. The molecule has 4 nitrogen and oxygen atoms in total. The maximum absolute atomic E-state index is 14.5. The normalized spacial score (nSPS) is 14.0. The molecule has 1 fully saturated rings. The smallest absolute Gasteiger partial charge is 0.258 e. The zero-order valence-corrected chi connectivity index (χ0v) is 17.6. The molecule has 0 spiro atoms. The van der Waals surface area contributed by atoms with Crippen molar-refractivity contribution in [1.82, 2.24) is 5.32 Å². The van der Waals surface area contributed by atoms with E-state index >= 15 is 0 Å². The van der Waals surface area contributed by atoms with E-state index in [1.807, 2.05) is 0 Å². The van der Waals surface area contributed by atoms with Gasteiger partial charge in [0, 0.05) is 23.2 Å². The monoisotopic (exact) mass is 469 g/mol. The fourth-order valence-electron chi connectivity index (χ4n) is 2.98. The van der Waals surface area contributed by atoms with E-state index in [1.165, 1.54) is 12.5 Å². The Labute approximate surface area is 176 Å². The number of nitrogens with one attached hydrogen (secondary N) is 2. The Morgan fingerprint density at radius 1 is 1.15 bits per heavy atom. The molecule has 1 aliphatic heterocycles. The van der Waals surface area contributed by atoms with Gasteiger partial charge in [0.1, 0.15) is 5.82 Å². The van der Waals surface area contributed by atoms with E-state index in [0.717, 1.165) is 30.4 Å². The number of benzene rings is 2. The van der Waals surface area contributed by atoms with E-state index in [0.29, 0.717) is 22.0 Å². The van der Waals surface area contributed by atoms with Crippen LogP contribution in [0.15, 0.2) is 40.9 Å². The molecule has 142 valence electrons. The Morgan fingerprint density at radius 2 is 1.89 bits per heavy atom. The molecule has 8 heteroatoms. The van der Waals surface area contributed by atoms with Crippen LogP contribution in [0, 0.1) is 5.82 Å². The van der Waals surface area contributed by atoms with Gasteiger partial charge in [0.2, 0.25) is 0 Å². The lowest BCUT2D eigenvalue weighted by molar-refractivity contribution is 0.0978. The van der Waals surface area contributed by atoms with E-state index < -0.39 is 5.91 Å². The zero-order valence-electron chi connectivity index (χ0n) is 14.4. The average Bonchev–Trinajstić information content (AvgIpc) is 2.64. The van der Waals surface area contributed by atoms with Crippen LogP contribution in [-0.2, 0) is 0 Å². The van der Waals surface area contributed by atoms with Crippen LogP contribution in [0.1, 0.15) is 29.6 Å². The molecule has 0 aromatic heterocycles. The van der Waals surface area contributed by atoms with Crippen LogP contribution in [0.25, 0.3) is 0 Å². The van der Waals surface area contributed by atoms with Gasteiger partial charge in [-0.3, -0.25) is 10.1 Å². The molecule has 1 saturated heterocycles. The van der Waals surface area contributed by atoms with Crippen LogP contribution < -0.4 is 15.5 Å². The number of rotatable bonds is 3. The van der Waals surface area contributed by atoms with Gasteiger partial charge in [-0.05, 0) is 67.9 Å². The molecular weight excluding hydrogens is 453 g/mol. The summed E-state index contributed by atoms with van der Waals surface area (Å²) in [5.74, 6) is -0.754. The molecule has 0 bridgehead atoms. The SMILES string of the molecule is O=C(NC(=S)Nc1ccc(N2CCCCC2)c(F)c1)c1cc(Br)ccc1Cl. The molecule has 0 unspecified atom stereocenters. The number of hydrogen-bond donors (Lipinski definition) is 2.